The molecule has 0 fully saturated rings. The lowest BCUT2D eigenvalue weighted by Gasteiger charge is -2.25. The second-order valence-corrected chi connectivity index (χ2v) is 9.99. The zero-order valence-corrected chi connectivity index (χ0v) is 18.9. The predicted octanol–water partition coefficient (Wildman–Crippen LogP) is 4.62. The third kappa shape index (κ3) is 5.82. The Morgan fingerprint density at radius 1 is 1.09 bits per heavy atom. The second-order valence-electron chi connectivity index (χ2n) is 8.08. The molecule has 1 amide bonds. The number of nitrogens with zero attached hydrogens (tertiary/aromatic N) is 1. The Hall–Kier alpha value is -2.55. The van der Waals surface area contributed by atoms with Crippen molar-refractivity contribution in [3.05, 3.63) is 64.7 Å². The summed E-state index contributed by atoms with van der Waals surface area (Å²) in [6, 6.07) is 9.76. The molecule has 2 aromatic carbocycles. The van der Waals surface area contributed by atoms with E-state index >= 15 is 0 Å². The number of amides is 1. The Morgan fingerprint density at radius 3 is 2.41 bits per heavy atom. The predicted molar refractivity (Wildman–Crippen MR) is 118 cm³/mol. The SMILES string of the molecule is CCC(NC(=O)CN(c1cccc(C(F)(F)F)c1)S(C)(=O)=O)c1ccc2c(c1)CCCC2. The molecule has 0 heterocycles. The zero-order chi connectivity index (χ0) is 23.5. The summed E-state index contributed by atoms with van der Waals surface area (Å²) >= 11 is 0. The van der Waals surface area contributed by atoms with Gasteiger partial charge in [0.05, 0.1) is 23.5 Å². The summed E-state index contributed by atoms with van der Waals surface area (Å²) in [6.07, 6.45) is 1.15. The van der Waals surface area contributed by atoms with Gasteiger partial charge >= 0.3 is 6.18 Å². The van der Waals surface area contributed by atoms with Crippen molar-refractivity contribution in [3.8, 4) is 0 Å². The van der Waals surface area contributed by atoms with Crippen molar-refractivity contribution in [1.82, 2.24) is 5.32 Å². The van der Waals surface area contributed by atoms with Crippen molar-refractivity contribution in [1.29, 1.82) is 0 Å². The summed E-state index contributed by atoms with van der Waals surface area (Å²) in [5, 5.41) is 2.84. The van der Waals surface area contributed by atoms with E-state index in [9.17, 15) is 26.4 Å². The first-order chi connectivity index (χ1) is 15.0. The van der Waals surface area contributed by atoms with E-state index in [2.05, 4.69) is 17.4 Å². The number of aryl methyl sites for hydroxylation is 2. The minimum Gasteiger partial charge on any atom is -0.348 e. The Kier molecular flexibility index (Phi) is 7.17. The molecule has 3 rings (SSSR count). The Bertz CT molecular complexity index is 1080. The van der Waals surface area contributed by atoms with E-state index in [-0.39, 0.29) is 11.7 Å². The number of sulfonamides is 1. The monoisotopic (exact) mass is 468 g/mol. The van der Waals surface area contributed by atoms with E-state index in [1.165, 1.54) is 17.2 Å². The highest BCUT2D eigenvalue weighted by Crippen LogP contribution is 2.32. The van der Waals surface area contributed by atoms with Gasteiger partial charge in [-0.05, 0) is 67.0 Å². The third-order valence-electron chi connectivity index (χ3n) is 5.67. The van der Waals surface area contributed by atoms with E-state index in [0.717, 1.165) is 55.7 Å². The van der Waals surface area contributed by atoms with Crippen molar-refractivity contribution in [2.45, 2.75) is 51.2 Å². The number of rotatable bonds is 7. The number of hydrogen-bond donors (Lipinski definition) is 1. The van der Waals surface area contributed by atoms with Gasteiger partial charge < -0.3 is 5.32 Å². The molecule has 1 N–H and O–H groups in total. The molecule has 32 heavy (non-hydrogen) atoms. The highest BCUT2D eigenvalue weighted by molar-refractivity contribution is 7.92. The summed E-state index contributed by atoms with van der Waals surface area (Å²) < 4.78 is 64.5. The maximum atomic E-state index is 13.1. The van der Waals surface area contributed by atoms with E-state index in [0.29, 0.717) is 10.7 Å². The van der Waals surface area contributed by atoms with Gasteiger partial charge in [0.25, 0.3) is 0 Å². The van der Waals surface area contributed by atoms with Crippen LogP contribution in [0.15, 0.2) is 42.5 Å². The molecule has 0 aliphatic heterocycles. The molecule has 174 valence electrons. The van der Waals surface area contributed by atoms with Crippen LogP contribution in [0.3, 0.4) is 0 Å². The molecular weight excluding hydrogens is 441 g/mol. The van der Waals surface area contributed by atoms with Gasteiger partial charge in [-0.1, -0.05) is 31.2 Å². The summed E-state index contributed by atoms with van der Waals surface area (Å²) in [4.78, 5) is 12.7. The largest absolute Gasteiger partial charge is 0.416 e. The molecule has 0 saturated carbocycles. The molecule has 0 bridgehead atoms. The number of carbonyl (C=O) groups is 1. The van der Waals surface area contributed by atoms with Crippen LogP contribution in [0.25, 0.3) is 0 Å². The van der Waals surface area contributed by atoms with Crippen LogP contribution in [0.5, 0.6) is 0 Å². The second kappa shape index (κ2) is 9.52. The minimum atomic E-state index is -4.62. The maximum absolute atomic E-state index is 13.1. The molecule has 2 aromatic rings. The van der Waals surface area contributed by atoms with Crippen molar-refractivity contribution < 1.29 is 26.4 Å². The molecule has 0 saturated heterocycles. The lowest BCUT2D eigenvalue weighted by Crippen LogP contribution is -2.41. The normalized spacial score (nSPS) is 15.0. The number of benzene rings is 2. The van der Waals surface area contributed by atoms with Gasteiger partial charge in [0.2, 0.25) is 15.9 Å². The van der Waals surface area contributed by atoms with Gasteiger partial charge in [-0.3, -0.25) is 9.10 Å². The average Bonchev–Trinajstić information content (AvgIpc) is 2.74. The van der Waals surface area contributed by atoms with Gasteiger partial charge in [-0.25, -0.2) is 8.42 Å². The topological polar surface area (TPSA) is 66.5 Å². The van der Waals surface area contributed by atoms with Crippen LogP contribution in [0.2, 0.25) is 0 Å². The van der Waals surface area contributed by atoms with E-state index in [1.54, 1.807) is 0 Å². The number of alkyl halides is 3. The molecule has 1 aliphatic rings. The summed E-state index contributed by atoms with van der Waals surface area (Å²) in [5.41, 5.74) is 2.33. The highest BCUT2D eigenvalue weighted by atomic mass is 32.2. The van der Waals surface area contributed by atoms with Crippen LogP contribution in [0, 0.1) is 0 Å². The average molecular weight is 469 g/mol. The van der Waals surface area contributed by atoms with Crippen molar-refractivity contribution in [2.75, 3.05) is 17.1 Å². The third-order valence-corrected chi connectivity index (χ3v) is 6.81. The Labute approximate surface area is 186 Å². The van der Waals surface area contributed by atoms with Crippen LogP contribution in [0.4, 0.5) is 18.9 Å². The van der Waals surface area contributed by atoms with Crippen LogP contribution in [-0.2, 0) is 33.8 Å². The van der Waals surface area contributed by atoms with Crippen LogP contribution in [0.1, 0.15) is 54.5 Å². The molecule has 9 heteroatoms. The number of anilines is 1. The molecule has 0 radical (unpaired) electrons. The fourth-order valence-electron chi connectivity index (χ4n) is 4.00. The molecule has 1 unspecified atom stereocenters. The number of halogens is 3. The molecule has 1 aliphatic carbocycles. The molecule has 1 atom stereocenters. The smallest absolute Gasteiger partial charge is 0.348 e. The summed E-state index contributed by atoms with van der Waals surface area (Å²) in [6.45, 7) is 1.30. The fraction of sp³-hybridized carbons (Fsp3) is 0.435. The zero-order valence-electron chi connectivity index (χ0n) is 18.1. The fourth-order valence-corrected chi connectivity index (χ4v) is 4.85. The lowest BCUT2D eigenvalue weighted by molar-refractivity contribution is -0.137. The molecular formula is C23H27F3N2O3S. The van der Waals surface area contributed by atoms with Crippen molar-refractivity contribution in [3.63, 3.8) is 0 Å². The van der Waals surface area contributed by atoms with Gasteiger partial charge in [-0.15, -0.1) is 0 Å². The van der Waals surface area contributed by atoms with Crippen LogP contribution < -0.4 is 9.62 Å². The number of hydrogen-bond acceptors (Lipinski definition) is 3. The van der Waals surface area contributed by atoms with Gasteiger partial charge in [-0.2, -0.15) is 13.2 Å². The van der Waals surface area contributed by atoms with Gasteiger partial charge in [0, 0.05) is 0 Å². The lowest BCUT2D eigenvalue weighted by atomic mass is 9.89. The Balaban J connectivity index is 1.80. The highest BCUT2D eigenvalue weighted by Gasteiger charge is 2.32. The minimum absolute atomic E-state index is 0.209. The van der Waals surface area contributed by atoms with Crippen LogP contribution in [-0.4, -0.2) is 27.1 Å². The number of carbonyl (C=O) groups excluding carboxylic acids is 1. The van der Waals surface area contributed by atoms with E-state index in [4.69, 9.17) is 0 Å². The molecule has 0 spiro atoms. The van der Waals surface area contributed by atoms with Crippen molar-refractivity contribution in [2.24, 2.45) is 0 Å². The summed E-state index contributed by atoms with van der Waals surface area (Å²) in [5.74, 6) is -0.586. The number of fused-ring (bicyclic) bond motifs is 1. The summed E-state index contributed by atoms with van der Waals surface area (Å²) in [7, 11) is -3.99. The first-order valence-corrected chi connectivity index (χ1v) is 12.4. The maximum Gasteiger partial charge on any atom is 0.416 e. The van der Waals surface area contributed by atoms with Crippen LogP contribution >= 0.6 is 0 Å². The first kappa shape index (κ1) is 24.1. The van der Waals surface area contributed by atoms with Gasteiger partial charge in [0.15, 0.2) is 0 Å². The number of nitrogens with one attached hydrogen (secondary N) is 1. The molecule has 5 nitrogen and oxygen atoms in total. The quantitative estimate of drug-likeness (QED) is 0.645. The van der Waals surface area contributed by atoms with E-state index < -0.39 is 34.2 Å². The van der Waals surface area contributed by atoms with Gasteiger partial charge in [0.1, 0.15) is 6.54 Å². The van der Waals surface area contributed by atoms with Crippen molar-refractivity contribution >= 4 is 21.6 Å². The Morgan fingerprint density at radius 2 is 1.78 bits per heavy atom. The standard InChI is InChI=1S/C23H27F3N2O3S/c1-3-21(18-12-11-16-7-4-5-8-17(16)13-18)27-22(29)15-28(32(2,30)31)20-10-6-9-19(14-20)23(24,25)26/h6,9-14,21H,3-5,7-8,15H2,1-2H3,(H,27,29). The van der Waals surface area contributed by atoms with E-state index in [1.807, 2.05) is 13.0 Å². The first-order valence-electron chi connectivity index (χ1n) is 10.5. The molecule has 0 aromatic heterocycles.